The summed E-state index contributed by atoms with van der Waals surface area (Å²) in [5.41, 5.74) is 1.28. The van der Waals surface area contributed by atoms with Crippen LogP contribution in [0.5, 0.6) is 0 Å². The Bertz CT molecular complexity index is 572. The summed E-state index contributed by atoms with van der Waals surface area (Å²) in [6.45, 7) is 1.80. The molecule has 4 heteroatoms. The Hall–Kier alpha value is -1.34. The molecule has 0 radical (unpaired) electrons. The van der Waals surface area contributed by atoms with Crippen LogP contribution in [0.15, 0.2) is 36.4 Å². The summed E-state index contributed by atoms with van der Waals surface area (Å²) in [6.07, 6.45) is 2.11. The van der Waals surface area contributed by atoms with E-state index >= 15 is 0 Å². The van der Waals surface area contributed by atoms with E-state index in [0.29, 0.717) is 0 Å². The second-order valence-corrected chi connectivity index (χ2v) is 5.89. The number of aryl methyl sites for hydroxylation is 1. The third kappa shape index (κ3) is 4.68. The van der Waals surface area contributed by atoms with Crippen molar-refractivity contribution in [1.29, 1.82) is 5.26 Å². The maximum absolute atomic E-state index is 8.74. The van der Waals surface area contributed by atoms with Crippen molar-refractivity contribution in [2.75, 3.05) is 6.54 Å². The predicted molar refractivity (Wildman–Crippen MR) is 80.5 cm³/mol. The monoisotopic (exact) mass is 290 g/mol. The number of nitrogens with one attached hydrogen (secondary N) is 1. The molecule has 2 rings (SSSR count). The number of halogens is 1. The van der Waals surface area contributed by atoms with Crippen LogP contribution in [-0.4, -0.2) is 6.54 Å². The van der Waals surface area contributed by atoms with E-state index in [4.69, 9.17) is 16.9 Å². The number of hydrogen-bond donors (Lipinski definition) is 1. The first kappa shape index (κ1) is 14.1. The van der Waals surface area contributed by atoms with E-state index in [1.165, 1.54) is 10.4 Å². The number of nitrogens with zero attached hydrogens (tertiary/aromatic N) is 1. The first-order valence-corrected chi connectivity index (χ1v) is 7.41. The number of thiophene rings is 1. The summed E-state index contributed by atoms with van der Waals surface area (Å²) in [5, 5.41) is 12.9. The minimum Gasteiger partial charge on any atom is -0.312 e. The number of nitriles is 1. The molecule has 1 N–H and O–H groups in total. The van der Waals surface area contributed by atoms with Gasteiger partial charge in [-0.05, 0) is 49.2 Å². The zero-order chi connectivity index (χ0) is 13.5. The van der Waals surface area contributed by atoms with Gasteiger partial charge in [0.15, 0.2) is 0 Å². The molecule has 0 aliphatic heterocycles. The largest absolute Gasteiger partial charge is 0.312 e. The van der Waals surface area contributed by atoms with Crippen LogP contribution in [0.3, 0.4) is 0 Å². The molecule has 0 aliphatic rings. The molecular formula is C15H15ClN2S. The maximum Gasteiger partial charge on any atom is 0.110 e. The van der Waals surface area contributed by atoms with Crippen LogP contribution >= 0.6 is 22.9 Å². The summed E-state index contributed by atoms with van der Waals surface area (Å²) >= 11 is 7.49. The molecular weight excluding hydrogens is 276 g/mol. The predicted octanol–water partition coefficient (Wildman–Crippen LogP) is 4.00. The van der Waals surface area contributed by atoms with E-state index in [0.717, 1.165) is 35.8 Å². The quantitative estimate of drug-likeness (QED) is 0.816. The van der Waals surface area contributed by atoms with Crippen LogP contribution in [0.1, 0.15) is 21.7 Å². The lowest BCUT2D eigenvalue weighted by molar-refractivity contribution is 0.654. The van der Waals surface area contributed by atoms with Crippen molar-refractivity contribution < 1.29 is 0 Å². The van der Waals surface area contributed by atoms with Crippen LogP contribution < -0.4 is 5.32 Å². The van der Waals surface area contributed by atoms with Crippen molar-refractivity contribution in [2.45, 2.75) is 19.4 Å². The summed E-state index contributed by atoms with van der Waals surface area (Å²) in [5.74, 6) is 0. The number of hydrogen-bond acceptors (Lipinski definition) is 3. The van der Waals surface area contributed by atoms with E-state index < -0.39 is 0 Å². The molecule has 0 spiro atoms. The molecule has 0 atom stereocenters. The van der Waals surface area contributed by atoms with Crippen molar-refractivity contribution >= 4 is 22.9 Å². The van der Waals surface area contributed by atoms with Crippen molar-refractivity contribution in [3.63, 3.8) is 0 Å². The molecule has 0 fully saturated rings. The van der Waals surface area contributed by atoms with Gasteiger partial charge in [0.1, 0.15) is 10.9 Å². The van der Waals surface area contributed by atoms with Crippen LogP contribution in [0.25, 0.3) is 0 Å². The third-order valence-corrected chi connectivity index (χ3v) is 4.00. The summed E-state index contributed by atoms with van der Waals surface area (Å²) < 4.78 is 0. The molecule has 1 heterocycles. The maximum atomic E-state index is 8.74. The SMILES string of the molecule is N#Cc1ccc(CNCCCc2cccc(Cl)c2)s1. The fourth-order valence-electron chi connectivity index (χ4n) is 1.85. The van der Waals surface area contributed by atoms with Gasteiger partial charge in [0.25, 0.3) is 0 Å². The Morgan fingerprint density at radius 3 is 2.89 bits per heavy atom. The Morgan fingerprint density at radius 1 is 1.26 bits per heavy atom. The molecule has 2 nitrogen and oxygen atoms in total. The highest BCUT2D eigenvalue weighted by Gasteiger charge is 1.99. The molecule has 0 unspecified atom stereocenters. The van der Waals surface area contributed by atoms with Gasteiger partial charge < -0.3 is 5.32 Å². The molecule has 0 saturated heterocycles. The van der Waals surface area contributed by atoms with Gasteiger partial charge in [0, 0.05) is 16.4 Å². The molecule has 0 amide bonds. The van der Waals surface area contributed by atoms with Crippen LogP contribution in [0, 0.1) is 11.3 Å². The highest BCUT2D eigenvalue weighted by Crippen LogP contribution is 2.15. The molecule has 2 aromatic rings. The van der Waals surface area contributed by atoms with Crippen molar-refractivity contribution in [1.82, 2.24) is 5.32 Å². The lowest BCUT2D eigenvalue weighted by Gasteiger charge is -2.04. The number of rotatable bonds is 6. The molecule has 0 aliphatic carbocycles. The Balaban J connectivity index is 1.66. The van der Waals surface area contributed by atoms with Gasteiger partial charge in [-0.3, -0.25) is 0 Å². The van der Waals surface area contributed by atoms with Gasteiger partial charge in [-0.1, -0.05) is 23.7 Å². The van der Waals surface area contributed by atoms with E-state index in [9.17, 15) is 0 Å². The normalized spacial score (nSPS) is 10.3. The smallest absolute Gasteiger partial charge is 0.110 e. The molecule has 98 valence electrons. The van der Waals surface area contributed by atoms with Crippen molar-refractivity contribution in [2.24, 2.45) is 0 Å². The zero-order valence-electron chi connectivity index (χ0n) is 10.5. The van der Waals surface area contributed by atoms with Gasteiger partial charge in [-0.2, -0.15) is 5.26 Å². The van der Waals surface area contributed by atoms with Gasteiger partial charge in [-0.25, -0.2) is 0 Å². The zero-order valence-corrected chi connectivity index (χ0v) is 12.1. The fourth-order valence-corrected chi connectivity index (χ4v) is 2.84. The summed E-state index contributed by atoms with van der Waals surface area (Å²) in [6, 6.07) is 14.0. The lowest BCUT2D eigenvalue weighted by Crippen LogP contribution is -2.14. The average Bonchev–Trinajstić information content (AvgIpc) is 2.86. The Labute approximate surface area is 122 Å². The van der Waals surface area contributed by atoms with Gasteiger partial charge in [0.2, 0.25) is 0 Å². The minimum absolute atomic E-state index is 0.774. The van der Waals surface area contributed by atoms with E-state index in [1.54, 1.807) is 11.3 Å². The fraction of sp³-hybridized carbons (Fsp3) is 0.267. The topological polar surface area (TPSA) is 35.8 Å². The molecule has 1 aromatic carbocycles. The third-order valence-electron chi connectivity index (χ3n) is 2.78. The lowest BCUT2D eigenvalue weighted by atomic mass is 10.1. The highest BCUT2D eigenvalue weighted by atomic mass is 35.5. The van der Waals surface area contributed by atoms with E-state index in [2.05, 4.69) is 17.5 Å². The minimum atomic E-state index is 0.774. The van der Waals surface area contributed by atoms with Crippen LogP contribution in [0.4, 0.5) is 0 Å². The van der Waals surface area contributed by atoms with Gasteiger partial charge >= 0.3 is 0 Å². The van der Waals surface area contributed by atoms with Crippen LogP contribution in [-0.2, 0) is 13.0 Å². The molecule has 0 bridgehead atoms. The average molecular weight is 291 g/mol. The standard InChI is InChI=1S/C15H15ClN2S/c16-13-5-1-3-12(9-13)4-2-8-18-11-15-7-6-14(10-17)19-15/h1,3,5-7,9,18H,2,4,8,11H2. The highest BCUT2D eigenvalue weighted by molar-refractivity contribution is 7.12. The first-order chi connectivity index (χ1) is 9.28. The summed E-state index contributed by atoms with van der Waals surface area (Å²) in [7, 11) is 0. The van der Waals surface area contributed by atoms with Crippen molar-refractivity contribution in [3.05, 3.63) is 56.7 Å². The first-order valence-electron chi connectivity index (χ1n) is 6.22. The van der Waals surface area contributed by atoms with E-state index in [1.807, 2.05) is 30.3 Å². The molecule has 19 heavy (non-hydrogen) atoms. The summed E-state index contributed by atoms with van der Waals surface area (Å²) in [4.78, 5) is 1.98. The Kier molecular flexibility index (Phi) is 5.41. The van der Waals surface area contributed by atoms with Gasteiger partial charge in [0.05, 0.1) is 0 Å². The van der Waals surface area contributed by atoms with Gasteiger partial charge in [-0.15, -0.1) is 11.3 Å². The molecule has 1 aromatic heterocycles. The van der Waals surface area contributed by atoms with Crippen LogP contribution in [0.2, 0.25) is 5.02 Å². The molecule has 0 saturated carbocycles. The van der Waals surface area contributed by atoms with E-state index in [-0.39, 0.29) is 0 Å². The number of benzene rings is 1. The second-order valence-electron chi connectivity index (χ2n) is 4.29. The Morgan fingerprint density at radius 2 is 2.16 bits per heavy atom. The second kappa shape index (κ2) is 7.30. The van der Waals surface area contributed by atoms with Crippen molar-refractivity contribution in [3.8, 4) is 6.07 Å².